The number of nitrogens with zero attached hydrogens (tertiary/aromatic N) is 3. The van der Waals surface area contributed by atoms with Crippen LogP contribution in [0.4, 0.5) is 0 Å². The van der Waals surface area contributed by atoms with Crippen molar-refractivity contribution in [2.45, 2.75) is 38.6 Å². The Morgan fingerprint density at radius 3 is 2.50 bits per heavy atom. The summed E-state index contributed by atoms with van der Waals surface area (Å²) in [5.74, 6) is 1.21. The summed E-state index contributed by atoms with van der Waals surface area (Å²) in [7, 11) is 1.87. The van der Waals surface area contributed by atoms with E-state index in [-0.39, 0.29) is 24.3 Å². The van der Waals surface area contributed by atoms with Crippen molar-refractivity contribution in [1.82, 2.24) is 25.4 Å². The third-order valence-electron chi connectivity index (χ3n) is 4.97. The third kappa shape index (κ3) is 4.09. The van der Waals surface area contributed by atoms with Crippen LogP contribution >= 0.6 is 0 Å². The van der Waals surface area contributed by atoms with Gasteiger partial charge >= 0.3 is 0 Å². The van der Waals surface area contributed by atoms with Crippen LogP contribution in [0, 0.1) is 12.8 Å². The van der Waals surface area contributed by atoms with Crippen LogP contribution in [0.15, 0.2) is 30.3 Å². The van der Waals surface area contributed by atoms with Gasteiger partial charge in [-0.1, -0.05) is 43.2 Å². The third-order valence-corrected chi connectivity index (χ3v) is 4.97. The molecular weight excluding hydrogens is 330 g/mol. The summed E-state index contributed by atoms with van der Waals surface area (Å²) in [6, 6.07) is 9.21. The minimum Gasteiger partial charge on any atom is -0.347 e. The van der Waals surface area contributed by atoms with Crippen molar-refractivity contribution < 1.29 is 9.59 Å². The molecule has 2 N–H and O–H groups in total. The Bertz CT molecular complexity index is 765. The van der Waals surface area contributed by atoms with Crippen LogP contribution in [0.1, 0.15) is 48.9 Å². The summed E-state index contributed by atoms with van der Waals surface area (Å²) < 4.78 is 1.86. The molecule has 0 saturated heterocycles. The minimum absolute atomic E-state index is 0.0246. The van der Waals surface area contributed by atoms with Gasteiger partial charge in [-0.2, -0.15) is 0 Å². The highest BCUT2D eigenvalue weighted by Crippen LogP contribution is 2.24. The normalized spacial score (nSPS) is 15.6. The second-order valence-electron chi connectivity index (χ2n) is 6.77. The lowest BCUT2D eigenvalue weighted by Crippen LogP contribution is -2.41. The highest BCUT2D eigenvalue weighted by Gasteiger charge is 2.25. The van der Waals surface area contributed by atoms with Crippen LogP contribution in [-0.2, 0) is 16.6 Å². The molecule has 0 bridgehead atoms. The number of carbonyl (C=O) groups is 2. The molecule has 1 aliphatic carbocycles. The summed E-state index contributed by atoms with van der Waals surface area (Å²) in [6.45, 7) is 1.83. The standard InChI is InChI=1S/C19H25N5O2/c1-13-22-23-18(24(13)2)17(14-8-4-3-5-9-14)21-16(25)12-20-19(26)15-10-6-7-11-15/h3-5,8-9,15,17H,6-7,10-12H2,1-2H3,(H,20,26)(H,21,25)/t17-/m1/s1. The largest absolute Gasteiger partial charge is 0.347 e. The molecule has 3 rings (SSSR count). The van der Waals surface area contributed by atoms with Gasteiger partial charge < -0.3 is 15.2 Å². The smallest absolute Gasteiger partial charge is 0.240 e. The maximum Gasteiger partial charge on any atom is 0.240 e. The number of benzene rings is 1. The average Bonchev–Trinajstić information content (AvgIpc) is 3.30. The Balaban J connectivity index is 1.68. The fourth-order valence-corrected chi connectivity index (χ4v) is 3.33. The van der Waals surface area contributed by atoms with Gasteiger partial charge in [0.1, 0.15) is 11.9 Å². The molecule has 26 heavy (non-hydrogen) atoms. The second-order valence-corrected chi connectivity index (χ2v) is 6.77. The quantitative estimate of drug-likeness (QED) is 0.824. The topological polar surface area (TPSA) is 88.9 Å². The van der Waals surface area contributed by atoms with E-state index in [9.17, 15) is 9.59 Å². The Labute approximate surface area is 153 Å². The number of hydrogen-bond acceptors (Lipinski definition) is 4. The molecule has 7 nitrogen and oxygen atoms in total. The lowest BCUT2D eigenvalue weighted by Gasteiger charge is -2.19. The number of aromatic nitrogens is 3. The summed E-state index contributed by atoms with van der Waals surface area (Å²) in [5, 5.41) is 14.0. The van der Waals surface area contributed by atoms with E-state index in [1.54, 1.807) is 0 Å². The predicted octanol–water partition coefficient (Wildman–Crippen LogP) is 1.64. The number of nitrogens with one attached hydrogen (secondary N) is 2. The van der Waals surface area contributed by atoms with Crippen molar-refractivity contribution in [2.24, 2.45) is 13.0 Å². The van der Waals surface area contributed by atoms with Crippen molar-refractivity contribution >= 4 is 11.8 Å². The summed E-state index contributed by atoms with van der Waals surface area (Å²) in [6.07, 6.45) is 4.01. The molecule has 2 aromatic rings. The first-order valence-electron chi connectivity index (χ1n) is 9.04. The van der Waals surface area contributed by atoms with Crippen LogP contribution in [-0.4, -0.2) is 33.1 Å². The van der Waals surface area contributed by atoms with Gasteiger partial charge in [0.15, 0.2) is 5.82 Å². The molecule has 0 radical (unpaired) electrons. The molecule has 0 unspecified atom stereocenters. The van der Waals surface area contributed by atoms with Gasteiger partial charge in [0.25, 0.3) is 0 Å². The van der Waals surface area contributed by atoms with Gasteiger partial charge in [0.05, 0.1) is 6.54 Å². The monoisotopic (exact) mass is 355 g/mol. The predicted molar refractivity (Wildman–Crippen MR) is 97.1 cm³/mol. The molecule has 138 valence electrons. The zero-order chi connectivity index (χ0) is 18.5. The van der Waals surface area contributed by atoms with Crippen LogP contribution < -0.4 is 10.6 Å². The fraction of sp³-hybridized carbons (Fsp3) is 0.474. The zero-order valence-corrected chi connectivity index (χ0v) is 15.2. The van der Waals surface area contributed by atoms with Crippen molar-refractivity contribution in [2.75, 3.05) is 6.54 Å². The van der Waals surface area contributed by atoms with Crippen molar-refractivity contribution in [3.05, 3.63) is 47.5 Å². The highest BCUT2D eigenvalue weighted by molar-refractivity contribution is 5.86. The van der Waals surface area contributed by atoms with Crippen molar-refractivity contribution in [3.63, 3.8) is 0 Å². The number of amides is 2. The molecule has 1 saturated carbocycles. The molecule has 1 aromatic carbocycles. The number of aryl methyl sites for hydroxylation is 1. The van der Waals surface area contributed by atoms with Crippen molar-refractivity contribution in [3.8, 4) is 0 Å². The van der Waals surface area contributed by atoms with E-state index < -0.39 is 6.04 Å². The molecule has 0 spiro atoms. The Hall–Kier alpha value is -2.70. The summed E-state index contributed by atoms with van der Waals surface area (Å²) >= 11 is 0. The second kappa shape index (κ2) is 8.12. The van der Waals surface area contributed by atoms with Gasteiger partial charge in [0.2, 0.25) is 11.8 Å². The van der Waals surface area contributed by atoms with Gasteiger partial charge in [-0.05, 0) is 25.3 Å². The van der Waals surface area contributed by atoms with Crippen LogP contribution in [0.2, 0.25) is 0 Å². The average molecular weight is 355 g/mol. The zero-order valence-electron chi connectivity index (χ0n) is 15.2. The van der Waals surface area contributed by atoms with E-state index in [4.69, 9.17) is 0 Å². The van der Waals surface area contributed by atoms with Gasteiger partial charge in [-0.15, -0.1) is 10.2 Å². The molecular formula is C19H25N5O2. The fourth-order valence-electron chi connectivity index (χ4n) is 3.33. The van der Waals surface area contributed by atoms with Crippen LogP contribution in [0.25, 0.3) is 0 Å². The molecule has 1 atom stereocenters. The maximum absolute atomic E-state index is 12.5. The van der Waals surface area contributed by atoms with E-state index >= 15 is 0 Å². The molecule has 1 aliphatic rings. The summed E-state index contributed by atoms with van der Waals surface area (Å²) in [5.41, 5.74) is 0.915. The minimum atomic E-state index is -0.418. The van der Waals surface area contributed by atoms with E-state index in [0.29, 0.717) is 5.82 Å². The van der Waals surface area contributed by atoms with Crippen molar-refractivity contribution in [1.29, 1.82) is 0 Å². The van der Waals surface area contributed by atoms with Gasteiger partial charge in [-0.3, -0.25) is 9.59 Å². The highest BCUT2D eigenvalue weighted by atomic mass is 16.2. The van der Waals surface area contributed by atoms with E-state index in [1.165, 1.54) is 0 Å². The maximum atomic E-state index is 12.5. The number of hydrogen-bond donors (Lipinski definition) is 2. The Kier molecular flexibility index (Phi) is 5.65. The first-order chi connectivity index (χ1) is 12.6. The SMILES string of the molecule is Cc1nnc([C@H](NC(=O)CNC(=O)C2CCCC2)c2ccccc2)n1C. The molecule has 1 heterocycles. The van der Waals surface area contributed by atoms with E-state index in [1.807, 2.05) is 48.9 Å². The lowest BCUT2D eigenvalue weighted by molar-refractivity contribution is -0.128. The first-order valence-corrected chi connectivity index (χ1v) is 9.04. The summed E-state index contributed by atoms with van der Waals surface area (Å²) in [4.78, 5) is 24.6. The molecule has 2 amide bonds. The molecule has 0 aliphatic heterocycles. The van der Waals surface area contributed by atoms with E-state index in [0.717, 1.165) is 37.1 Å². The van der Waals surface area contributed by atoms with Crippen LogP contribution in [0.5, 0.6) is 0 Å². The molecule has 1 aromatic heterocycles. The molecule has 7 heteroatoms. The number of carbonyl (C=O) groups excluding carboxylic acids is 2. The van der Waals surface area contributed by atoms with Gasteiger partial charge in [0, 0.05) is 13.0 Å². The molecule has 1 fully saturated rings. The number of rotatable bonds is 6. The lowest BCUT2D eigenvalue weighted by atomic mass is 10.1. The van der Waals surface area contributed by atoms with Gasteiger partial charge in [-0.25, -0.2) is 0 Å². The van der Waals surface area contributed by atoms with E-state index in [2.05, 4.69) is 20.8 Å². The Morgan fingerprint density at radius 2 is 1.88 bits per heavy atom. The van der Waals surface area contributed by atoms with Crippen LogP contribution in [0.3, 0.4) is 0 Å². The first kappa shape index (κ1) is 18.1. The Morgan fingerprint density at radius 1 is 1.19 bits per heavy atom.